The van der Waals surface area contributed by atoms with E-state index in [0.29, 0.717) is 11.0 Å². The van der Waals surface area contributed by atoms with Crippen molar-refractivity contribution in [2.75, 3.05) is 27.7 Å². The van der Waals surface area contributed by atoms with Crippen LogP contribution in [0.1, 0.15) is 26.7 Å². The van der Waals surface area contributed by atoms with Crippen molar-refractivity contribution >= 4 is 24.3 Å². The molecule has 3 N–H and O–H groups in total. The van der Waals surface area contributed by atoms with Crippen LogP contribution in [0.3, 0.4) is 0 Å². The van der Waals surface area contributed by atoms with E-state index in [1.165, 1.54) is 0 Å². The van der Waals surface area contributed by atoms with E-state index in [2.05, 4.69) is 0 Å². The van der Waals surface area contributed by atoms with Gasteiger partial charge in [0.25, 0.3) is 0 Å². The van der Waals surface area contributed by atoms with Gasteiger partial charge in [0.1, 0.15) is 12.6 Å². The summed E-state index contributed by atoms with van der Waals surface area (Å²) in [5, 5.41) is 8.86. The summed E-state index contributed by atoms with van der Waals surface area (Å²) in [4.78, 5) is 22.7. The maximum absolute atomic E-state index is 11.9. The molecular formula is C13H28ClN2O4+. The van der Waals surface area contributed by atoms with Crippen LogP contribution in [-0.4, -0.2) is 61.4 Å². The Morgan fingerprint density at radius 3 is 2.15 bits per heavy atom. The Morgan fingerprint density at radius 1 is 1.30 bits per heavy atom. The molecule has 0 bridgehead atoms. The lowest BCUT2D eigenvalue weighted by Gasteiger charge is -2.29. The Morgan fingerprint density at radius 2 is 1.80 bits per heavy atom. The number of ether oxygens (including phenoxy) is 1. The molecule has 0 saturated carbocycles. The fraction of sp³-hybridized carbons (Fsp3) is 0.846. The largest absolute Gasteiger partial charge is 0.481 e. The molecule has 20 heavy (non-hydrogen) atoms. The SMILES string of the molecule is CC[C@H](C)[C@H](N)C(=O)O[C@@H](CC(=O)O)C[N+](C)(C)C.Cl. The first-order valence-corrected chi connectivity index (χ1v) is 6.55. The van der Waals surface area contributed by atoms with Crippen LogP contribution in [0.5, 0.6) is 0 Å². The number of halogens is 1. The number of carbonyl (C=O) groups excluding carboxylic acids is 1. The van der Waals surface area contributed by atoms with Crippen molar-refractivity contribution in [3.05, 3.63) is 0 Å². The number of carbonyl (C=O) groups is 2. The zero-order valence-corrected chi connectivity index (χ0v) is 13.8. The molecular weight excluding hydrogens is 284 g/mol. The smallest absolute Gasteiger partial charge is 0.323 e. The highest BCUT2D eigenvalue weighted by Crippen LogP contribution is 2.11. The van der Waals surface area contributed by atoms with E-state index in [0.717, 1.165) is 6.42 Å². The quantitative estimate of drug-likeness (QED) is 0.513. The van der Waals surface area contributed by atoms with Gasteiger partial charge in [-0.1, -0.05) is 20.3 Å². The maximum atomic E-state index is 11.9. The summed E-state index contributed by atoms with van der Waals surface area (Å²) in [6, 6.07) is -0.700. The minimum atomic E-state index is -0.983. The molecule has 0 rings (SSSR count). The fourth-order valence-corrected chi connectivity index (χ4v) is 1.68. The van der Waals surface area contributed by atoms with E-state index in [1.807, 2.05) is 35.0 Å². The number of esters is 1. The van der Waals surface area contributed by atoms with E-state index in [-0.39, 0.29) is 24.7 Å². The third kappa shape index (κ3) is 9.12. The van der Waals surface area contributed by atoms with Crippen LogP contribution in [0.2, 0.25) is 0 Å². The highest BCUT2D eigenvalue weighted by molar-refractivity contribution is 5.85. The molecule has 3 atom stereocenters. The number of quaternary nitrogens is 1. The van der Waals surface area contributed by atoms with Gasteiger partial charge in [0.05, 0.1) is 27.6 Å². The predicted molar refractivity (Wildman–Crippen MR) is 79.7 cm³/mol. The molecule has 0 spiro atoms. The number of nitrogens with zero attached hydrogens (tertiary/aromatic N) is 1. The van der Waals surface area contributed by atoms with Crippen LogP contribution in [0.4, 0.5) is 0 Å². The summed E-state index contributed by atoms with van der Waals surface area (Å²) in [5.41, 5.74) is 5.79. The second kappa shape index (κ2) is 9.15. The minimum Gasteiger partial charge on any atom is -0.481 e. The topological polar surface area (TPSA) is 89.6 Å². The van der Waals surface area contributed by atoms with Gasteiger partial charge in [0, 0.05) is 0 Å². The number of nitrogens with two attached hydrogens (primary N) is 1. The molecule has 0 heterocycles. The third-order valence-corrected chi connectivity index (χ3v) is 2.97. The fourth-order valence-electron chi connectivity index (χ4n) is 1.68. The van der Waals surface area contributed by atoms with Gasteiger partial charge in [0.15, 0.2) is 6.10 Å². The summed E-state index contributed by atoms with van der Waals surface area (Å²) >= 11 is 0. The van der Waals surface area contributed by atoms with Gasteiger partial charge in [-0.3, -0.25) is 9.59 Å². The normalized spacial score (nSPS) is 15.7. The number of hydrogen-bond acceptors (Lipinski definition) is 4. The first kappa shape index (κ1) is 21.4. The van der Waals surface area contributed by atoms with Crippen molar-refractivity contribution in [3.63, 3.8) is 0 Å². The average molecular weight is 312 g/mol. The van der Waals surface area contributed by atoms with Crippen molar-refractivity contribution in [1.29, 1.82) is 0 Å². The van der Waals surface area contributed by atoms with Gasteiger partial charge >= 0.3 is 11.9 Å². The Labute approximate surface area is 127 Å². The lowest BCUT2D eigenvalue weighted by Crippen LogP contribution is -2.46. The molecule has 0 saturated heterocycles. The average Bonchev–Trinajstić information content (AvgIpc) is 2.23. The third-order valence-electron chi connectivity index (χ3n) is 2.97. The van der Waals surface area contributed by atoms with Crippen molar-refractivity contribution in [2.24, 2.45) is 11.7 Å². The number of hydrogen-bond donors (Lipinski definition) is 2. The number of likely N-dealkylation sites (N-methyl/N-ethyl adjacent to an activating group) is 1. The van der Waals surface area contributed by atoms with Crippen molar-refractivity contribution in [2.45, 2.75) is 38.8 Å². The van der Waals surface area contributed by atoms with Gasteiger partial charge < -0.3 is 20.1 Å². The van der Waals surface area contributed by atoms with Gasteiger partial charge in [-0.15, -0.1) is 12.4 Å². The van der Waals surface area contributed by atoms with E-state index < -0.39 is 24.1 Å². The maximum Gasteiger partial charge on any atom is 0.323 e. The first-order valence-electron chi connectivity index (χ1n) is 6.55. The standard InChI is InChI=1S/C13H26N2O4.ClH/c1-6-9(2)12(14)13(18)19-10(7-11(16)17)8-15(3,4)5;/h9-10,12H,6-8,14H2,1-5H3;1H/p+1/t9-,10-,12-;/m0./s1. The molecule has 0 aromatic heterocycles. The molecule has 6 nitrogen and oxygen atoms in total. The monoisotopic (exact) mass is 311 g/mol. The molecule has 0 amide bonds. The Kier molecular flexibility index (Phi) is 9.82. The lowest BCUT2D eigenvalue weighted by molar-refractivity contribution is -0.873. The Bertz CT molecular complexity index is 318. The van der Waals surface area contributed by atoms with E-state index in [1.54, 1.807) is 0 Å². The highest BCUT2D eigenvalue weighted by atomic mass is 35.5. The highest BCUT2D eigenvalue weighted by Gasteiger charge is 2.28. The Hall–Kier alpha value is -0.850. The summed E-state index contributed by atoms with van der Waals surface area (Å²) in [7, 11) is 5.74. The lowest BCUT2D eigenvalue weighted by atomic mass is 10.0. The number of carboxylic acid groups (broad SMARTS) is 1. The molecule has 7 heteroatoms. The molecule has 0 aliphatic carbocycles. The summed E-state index contributed by atoms with van der Waals surface area (Å²) in [6.45, 7) is 4.25. The summed E-state index contributed by atoms with van der Waals surface area (Å²) in [6.07, 6.45) is -0.0796. The van der Waals surface area contributed by atoms with Crippen molar-refractivity contribution in [1.82, 2.24) is 0 Å². The van der Waals surface area contributed by atoms with Crippen LogP contribution in [-0.2, 0) is 14.3 Å². The van der Waals surface area contributed by atoms with Crippen LogP contribution in [0.15, 0.2) is 0 Å². The van der Waals surface area contributed by atoms with Gasteiger partial charge in [-0.05, 0) is 5.92 Å². The number of carboxylic acids is 1. The first-order chi connectivity index (χ1) is 8.56. The molecule has 0 aliphatic heterocycles. The van der Waals surface area contributed by atoms with E-state index >= 15 is 0 Å². The molecule has 0 unspecified atom stereocenters. The summed E-state index contributed by atoms with van der Waals surface area (Å²) < 4.78 is 5.78. The second-order valence-corrected chi connectivity index (χ2v) is 6.04. The molecule has 120 valence electrons. The zero-order valence-electron chi connectivity index (χ0n) is 13.0. The van der Waals surface area contributed by atoms with Crippen LogP contribution in [0, 0.1) is 5.92 Å². The molecule has 0 aromatic rings. The number of rotatable bonds is 8. The predicted octanol–water partition coefficient (Wildman–Crippen LogP) is 0.874. The molecule has 0 aliphatic rings. The number of aliphatic carboxylic acids is 1. The van der Waals surface area contributed by atoms with Crippen molar-refractivity contribution < 1.29 is 23.9 Å². The second-order valence-electron chi connectivity index (χ2n) is 6.04. The molecule has 0 fully saturated rings. The Balaban J connectivity index is 0. The zero-order chi connectivity index (χ0) is 15.2. The van der Waals surface area contributed by atoms with Crippen LogP contribution >= 0.6 is 12.4 Å². The van der Waals surface area contributed by atoms with E-state index in [9.17, 15) is 9.59 Å². The van der Waals surface area contributed by atoms with E-state index in [4.69, 9.17) is 15.6 Å². The van der Waals surface area contributed by atoms with Gasteiger partial charge in [-0.25, -0.2) is 0 Å². The van der Waals surface area contributed by atoms with Crippen molar-refractivity contribution in [3.8, 4) is 0 Å². The minimum absolute atomic E-state index is 0. The van der Waals surface area contributed by atoms with Gasteiger partial charge in [0.2, 0.25) is 0 Å². The van der Waals surface area contributed by atoms with Crippen LogP contribution < -0.4 is 5.73 Å². The molecule has 0 aromatic carbocycles. The summed E-state index contributed by atoms with van der Waals surface area (Å²) in [5.74, 6) is -1.49. The van der Waals surface area contributed by atoms with Gasteiger partial charge in [-0.2, -0.15) is 0 Å². The molecule has 0 radical (unpaired) electrons. The van der Waals surface area contributed by atoms with Crippen LogP contribution in [0.25, 0.3) is 0 Å².